The summed E-state index contributed by atoms with van der Waals surface area (Å²) in [5.41, 5.74) is 7.11. The van der Waals surface area contributed by atoms with Crippen LogP contribution in [0.3, 0.4) is 0 Å². The van der Waals surface area contributed by atoms with E-state index in [9.17, 15) is 4.79 Å². The molecule has 0 spiro atoms. The summed E-state index contributed by atoms with van der Waals surface area (Å²) in [7, 11) is -1.56. The molecule has 4 nitrogen and oxygen atoms in total. The lowest BCUT2D eigenvalue weighted by Crippen LogP contribution is -2.26. The van der Waals surface area contributed by atoms with Crippen LogP contribution in [0.2, 0.25) is 24.8 Å². The molecule has 34 heavy (non-hydrogen) atoms. The molecular formula is C28H26ClN3OSi. The second-order valence-electron chi connectivity index (χ2n) is 9.01. The third-order valence-corrected chi connectivity index (χ3v) is 6.24. The maximum absolute atomic E-state index is 13.7. The molecule has 0 aliphatic heterocycles. The second kappa shape index (κ2) is 10.1. The van der Waals surface area contributed by atoms with Crippen LogP contribution in [0.15, 0.2) is 89.7 Å². The number of hydrogen-bond acceptors (Lipinski definition) is 3. The molecule has 0 saturated heterocycles. The summed E-state index contributed by atoms with van der Waals surface area (Å²) in [4.78, 5) is 18.2. The lowest BCUT2D eigenvalue weighted by atomic mass is 10.1. The fraction of sp³-hybridized carbons (Fsp3) is 0.143. The van der Waals surface area contributed by atoms with E-state index in [1.807, 2.05) is 84.9 Å². The lowest BCUT2D eigenvalue weighted by molar-refractivity contribution is 0.761. The minimum absolute atomic E-state index is 0.169. The smallest absolute Gasteiger partial charge is 0.294 e. The van der Waals surface area contributed by atoms with Crippen molar-refractivity contribution in [1.29, 1.82) is 0 Å². The standard InChI is InChI=1S/C28H26ClN3OSi/c1-34(2,3)19-18-22-14-10-11-17-24(22)30-27-28(33)32(20-21-12-6-4-7-13-21)25(26(29)31-27)23-15-8-5-9-16-23/h4-17H,20H2,1-3H3,(H,30,31). The topological polar surface area (TPSA) is 46.9 Å². The van der Waals surface area contributed by atoms with Gasteiger partial charge in [0.15, 0.2) is 11.0 Å². The Morgan fingerprint density at radius 2 is 1.53 bits per heavy atom. The zero-order chi connectivity index (χ0) is 24.1. The van der Waals surface area contributed by atoms with Crippen molar-refractivity contribution < 1.29 is 0 Å². The van der Waals surface area contributed by atoms with Gasteiger partial charge in [-0.25, -0.2) is 4.98 Å². The lowest BCUT2D eigenvalue weighted by Gasteiger charge is -2.17. The van der Waals surface area contributed by atoms with Gasteiger partial charge in [0, 0.05) is 11.1 Å². The van der Waals surface area contributed by atoms with Crippen molar-refractivity contribution in [1.82, 2.24) is 9.55 Å². The van der Waals surface area contributed by atoms with Crippen LogP contribution in [0, 0.1) is 11.5 Å². The average molecular weight is 484 g/mol. The van der Waals surface area contributed by atoms with Gasteiger partial charge in [-0.2, -0.15) is 0 Å². The molecule has 0 bridgehead atoms. The van der Waals surface area contributed by atoms with Crippen molar-refractivity contribution in [3.63, 3.8) is 0 Å². The van der Waals surface area contributed by atoms with E-state index in [4.69, 9.17) is 11.6 Å². The molecule has 4 aromatic rings. The molecule has 0 unspecified atom stereocenters. The zero-order valence-corrected chi connectivity index (χ0v) is 21.2. The highest BCUT2D eigenvalue weighted by Gasteiger charge is 2.18. The van der Waals surface area contributed by atoms with Crippen LogP contribution in [0.5, 0.6) is 0 Å². The third-order valence-electron chi connectivity index (χ3n) is 5.11. The summed E-state index contributed by atoms with van der Waals surface area (Å²) in [6, 6.07) is 27.2. The minimum atomic E-state index is -1.56. The fourth-order valence-electron chi connectivity index (χ4n) is 3.49. The highest BCUT2D eigenvalue weighted by atomic mass is 35.5. The van der Waals surface area contributed by atoms with Crippen LogP contribution in [0.1, 0.15) is 11.1 Å². The predicted molar refractivity (Wildman–Crippen MR) is 144 cm³/mol. The quantitative estimate of drug-likeness (QED) is 0.257. The predicted octanol–water partition coefficient (Wildman–Crippen LogP) is 6.58. The molecule has 0 saturated carbocycles. The molecule has 0 atom stereocenters. The zero-order valence-electron chi connectivity index (χ0n) is 19.5. The molecule has 4 rings (SSSR count). The number of halogens is 1. The second-order valence-corrected chi connectivity index (χ2v) is 14.1. The third kappa shape index (κ3) is 5.66. The molecular weight excluding hydrogens is 458 g/mol. The van der Waals surface area contributed by atoms with Gasteiger partial charge in [0.1, 0.15) is 8.07 Å². The molecule has 0 aliphatic rings. The van der Waals surface area contributed by atoms with Crippen LogP contribution in [0.4, 0.5) is 11.5 Å². The van der Waals surface area contributed by atoms with Gasteiger partial charge in [-0.05, 0) is 17.7 Å². The molecule has 0 fully saturated rings. The van der Waals surface area contributed by atoms with Gasteiger partial charge < -0.3 is 5.32 Å². The van der Waals surface area contributed by atoms with Crippen LogP contribution < -0.4 is 10.9 Å². The first-order valence-corrected chi connectivity index (χ1v) is 15.0. The number of para-hydroxylation sites is 1. The SMILES string of the molecule is C[Si](C)(C)C#Cc1ccccc1Nc1nc(Cl)c(-c2ccccc2)n(Cc2ccccc2)c1=O. The Morgan fingerprint density at radius 3 is 2.21 bits per heavy atom. The Kier molecular flexibility index (Phi) is 7.02. The Morgan fingerprint density at radius 1 is 0.912 bits per heavy atom. The molecule has 1 heterocycles. The first kappa shape index (κ1) is 23.6. The van der Waals surface area contributed by atoms with Crippen molar-refractivity contribution in [2.24, 2.45) is 0 Å². The Hall–Kier alpha value is -3.59. The van der Waals surface area contributed by atoms with E-state index in [2.05, 4.69) is 41.4 Å². The molecule has 0 amide bonds. The van der Waals surface area contributed by atoms with Gasteiger partial charge in [-0.3, -0.25) is 9.36 Å². The highest BCUT2D eigenvalue weighted by Crippen LogP contribution is 2.28. The number of rotatable bonds is 5. The van der Waals surface area contributed by atoms with Gasteiger partial charge >= 0.3 is 0 Å². The van der Waals surface area contributed by atoms with E-state index in [1.165, 1.54) is 0 Å². The summed E-state index contributed by atoms with van der Waals surface area (Å²) in [6.07, 6.45) is 0. The summed E-state index contributed by atoms with van der Waals surface area (Å²) in [5, 5.41) is 3.47. The molecule has 0 aliphatic carbocycles. The maximum atomic E-state index is 13.7. The fourth-order valence-corrected chi connectivity index (χ4v) is 4.30. The van der Waals surface area contributed by atoms with Crippen molar-refractivity contribution >= 4 is 31.2 Å². The van der Waals surface area contributed by atoms with E-state index in [0.717, 1.165) is 22.4 Å². The highest BCUT2D eigenvalue weighted by molar-refractivity contribution is 6.83. The summed E-state index contributed by atoms with van der Waals surface area (Å²) in [5.74, 6) is 3.45. The molecule has 3 aromatic carbocycles. The van der Waals surface area contributed by atoms with Crippen molar-refractivity contribution in [2.45, 2.75) is 26.2 Å². The van der Waals surface area contributed by atoms with Crippen molar-refractivity contribution in [2.75, 3.05) is 5.32 Å². The van der Waals surface area contributed by atoms with E-state index in [1.54, 1.807) is 4.57 Å². The molecule has 170 valence electrons. The summed E-state index contributed by atoms with van der Waals surface area (Å²) >= 11 is 6.70. The summed E-state index contributed by atoms with van der Waals surface area (Å²) < 4.78 is 1.68. The van der Waals surface area contributed by atoms with Crippen molar-refractivity contribution in [3.05, 3.63) is 112 Å². The normalized spacial score (nSPS) is 10.9. The number of nitrogens with one attached hydrogen (secondary N) is 1. The van der Waals surface area contributed by atoms with Crippen LogP contribution in [-0.4, -0.2) is 17.6 Å². The van der Waals surface area contributed by atoms with E-state index < -0.39 is 8.07 Å². The molecule has 1 aromatic heterocycles. The van der Waals surface area contributed by atoms with Gasteiger partial charge in [0.25, 0.3) is 5.56 Å². The summed E-state index contributed by atoms with van der Waals surface area (Å²) in [6.45, 7) is 6.96. The largest absolute Gasteiger partial charge is 0.335 e. The number of anilines is 2. The van der Waals surface area contributed by atoms with Crippen LogP contribution in [0.25, 0.3) is 11.3 Å². The monoisotopic (exact) mass is 483 g/mol. The van der Waals surface area contributed by atoms with E-state index in [-0.39, 0.29) is 16.5 Å². The van der Waals surface area contributed by atoms with Crippen molar-refractivity contribution in [3.8, 4) is 22.7 Å². The molecule has 1 N–H and O–H groups in total. The van der Waals surface area contributed by atoms with Gasteiger partial charge in [0.2, 0.25) is 0 Å². The first-order chi connectivity index (χ1) is 16.3. The number of aromatic nitrogens is 2. The van der Waals surface area contributed by atoms with Crippen LogP contribution in [-0.2, 0) is 6.54 Å². The van der Waals surface area contributed by atoms with E-state index >= 15 is 0 Å². The van der Waals surface area contributed by atoms with Gasteiger partial charge in [-0.15, -0.1) is 5.54 Å². The average Bonchev–Trinajstić information content (AvgIpc) is 2.82. The van der Waals surface area contributed by atoms with Gasteiger partial charge in [-0.1, -0.05) is 110 Å². The number of hydrogen-bond donors (Lipinski definition) is 1. The van der Waals surface area contributed by atoms with Gasteiger partial charge in [0.05, 0.1) is 17.9 Å². The maximum Gasteiger partial charge on any atom is 0.294 e. The van der Waals surface area contributed by atoms with E-state index in [0.29, 0.717) is 12.2 Å². The molecule has 0 radical (unpaired) electrons. The number of nitrogens with zero attached hydrogens (tertiary/aromatic N) is 2. The van der Waals surface area contributed by atoms with Crippen LogP contribution >= 0.6 is 11.6 Å². The Bertz CT molecular complexity index is 1420. The Balaban J connectivity index is 1.83. The number of benzene rings is 3. The first-order valence-electron chi connectivity index (χ1n) is 11.1. The molecule has 6 heteroatoms. The minimum Gasteiger partial charge on any atom is -0.335 e. The Labute approximate surface area is 206 Å².